The highest BCUT2D eigenvalue weighted by Crippen LogP contribution is 2.33. The van der Waals surface area contributed by atoms with Crippen molar-refractivity contribution in [3.05, 3.63) is 62.2 Å². The highest BCUT2D eigenvalue weighted by Gasteiger charge is 2.35. The number of rotatable bonds is 7. The molecule has 3 aromatic rings. The molecule has 1 aromatic heterocycles. The van der Waals surface area contributed by atoms with Crippen molar-refractivity contribution in [1.82, 2.24) is 0 Å². The molecular weight excluding hydrogens is 488 g/mol. The maximum Gasteiger partial charge on any atom is 0.308 e. The Bertz CT molecular complexity index is 1150. The standard InChI is InChI=1S/C23H20BrClO6/c1-28-23(27)14-10-16(11-14)30-9-8-29-15-4-2-13(3-5-15)20-12-19(26)17-6-7-18(24)21(25)22(17)31-20/h2-7,12,14,16H,8-11H2,1H3. The van der Waals surface area contributed by atoms with E-state index in [0.29, 0.717) is 58.0 Å². The molecule has 0 spiro atoms. The van der Waals surface area contributed by atoms with Crippen molar-refractivity contribution in [2.45, 2.75) is 18.9 Å². The summed E-state index contributed by atoms with van der Waals surface area (Å²) in [5.41, 5.74) is 0.928. The minimum Gasteiger partial charge on any atom is -0.491 e. The molecule has 1 aliphatic carbocycles. The van der Waals surface area contributed by atoms with E-state index in [1.54, 1.807) is 24.3 Å². The average molecular weight is 508 g/mol. The molecule has 1 heterocycles. The topological polar surface area (TPSA) is 75.0 Å². The zero-order valence-electron chi connectivity index (χ0n) is 16.7. The van der Waals surface area contributed by atoms with Gasteiger partial charge in [0.25, 0.3) is 0 Å². The van der Waals surface area contributed by atoms with E-state index in [2.05, 4.69) is 15.9 Å². The Morgan fingerprint density at radius 2 is 1.90 bits per heavy atom. The summed E-state index contributed by atoms with van der Waals surface area (Å²) >= 11 is 9.64. The minimum atomic E-state index is -0.173. The average Bonchev–Trinajstić information content (AvgIpc) is 2.75. The SMILES string of the molecule is COC(=O)C1CC(OCCOc2ccc(-c3cc(=O)c4ccc(Br)c(Cl)c4o3)cc2)C1. The number of fused-ring (bicyclic) bond motifs is 1. The van der Waals surface area contributed by atoms with Gasteiger partial charge in [-0.05, 0) is 65.2 Å². The lowest BCUT2D eigenvalue weighted by atomic mass is 9.82. The Kier molecular flexibility index (Phi) is 6.65. The third-order valence-electron chi connectivity index (χ3n) is 5.26. The highest BCUT2D eigenvalue weighted by molar-refractivity contribution is 9.10. The highest BCUT2D eigenvalue weighted by atomic mass is 79.9. The molecule has 4 rings (SSSR count). The molecule has 0 amide bonds. The molecule has 0 unspecified atom stereocenters. The summed E-state index contributed by atoms with van der Waals surface area (Å²) in [5.74, 6) is 0.887. The second-order valence-electron chi connectivity index (χ2n) is 7.27. The van der Waals surface area contributed by atoms with Crippen LogP contribution in [0.5, 0.6) is 5.75 Å². The van der Waals surface area contributed by atoms with Crippen molar-refractivity contribution in [2.24, 2.45) is 5.92 Å². The van der Waals surface area contributed by atoms with E-state index < -0.39 is 0 Å². The summed E-state index contributed by atoms with van der Waals surface area (Å²) in [5, 5.41) is 0.794. The summed E-state index contributed by atoms with van der Waals surface area (Å²) in [6, 6.07) is 12.1. The Balaban J connectivity index is 1.34. The van der Waals surface area contributed by atoms with Gasteiger partial charge in [-0.3, -0.25) is 9.59 Å². The van der Waals surface area contributed by atoms with Crippen molar-refractivity contribution in [2.75, 3.05) is 20.3 Å². The van der Waals surface area contributed by atoms with E-state index in [1.807, 2.05) is 12.1 Å². The zero-order valence-corrected chi connectivity index (χ0v) is 19.1. The summed E-state index contributed by atoms with van der Waals surface area (Å²) in [6.07, 6.45) is 1.47. The maximum atomic E-state index is 12.4. The fourth-order valence-electron chi connectivity index (χ4n) is 3.45. The van der Waals surface area contributed by atoms with E-state index >= 15 is 0 Å². The van der Waals surface area contributed by atoms with Gasteiger partial charge in [-0.1, -0.05) is 11.6 Å². The number of methoxy groups -OCH3 is 1. The lowest BCUT2D eigenvalue weighted by Gasteiger charge is -2.32. The van der Waals surface area contributed by atoms with Gasteiger partial charge in [-0.2, -0.15) is 0 Å². The quantitative estimate of drug-likeness (QED) is 0.322. The summed E-state index contributed by atoms with van der Waals surface area (Å²) in [6.45, 7) is 0.834. The van der Waals surface area contributed by atoms with E-state index in [0.717, 1.165) is 5.56 Å². The molecule has 0 bridgehead atoms. The molecular formula is C23H20BrClO6. The molecule has 0 atom stereocenters. The lowest BCUT2D eigenvalue weighted by molar-refractivity contribution is -0.155. The molecule has 0 N–H and O–H groups in total. The fraction of sp³-hybridized carbons (Fsp3) is 0.304. The molecule has 162 valence electrons. The third kappa shape index (κ3) is 4.79. The van der Waals surface area contributed by atoms with Crippen LogP contribution in [0.3, 0.4) is 0 Å². The Morgan fingerprint density at radius 1 is 1.16 bits per heavy atom. The van der Waals surface area contributed by atoms with Crippen molar-refractivity contribution in [3.63, 3.8) is 0 Å². The Labute approximate surface area is 192 Å². The Morgan fingerprint density at radius 3 is 2.61 bits per heavy atom. The van der Waals surface area contributed by atoms with Crippen molar-refractivity contribution >= 4 is 44.5 Å². The van der Waals surface area contributed by atoms with Crippen LogP contribution in [-0.4, -0.2) is 32.4 Å². The summed E-state index contributed by atoms with van der Waals surface area (Å²) in [7, 11) is 1.40. The summed E-state index contributed by atoms with van der Waals surface area (Å²) in [4.78, 5) is 23.8. The van der Waals surface area contributed by atoms with Gasteiger partial charge in [0.2, 0.25) is 0 Å². The van der Waals surface area contributed by atoms with Gasteiger partial charge in [0.1, 0.15) is 18.1 Å². The van der Waals surface area contributed by atoms with Crippen LogP contribution < -0.4 is 10.2 Å². The number of halogens is 2. The fourth-order valence-corrected chi connectivity index (χ4v) is 3.97. The van der Waals surface area contributed by atoms with Gasteiger partial charge in [0, 0.05) is 16.1 Å². The van der Waals surface area contributed by atoms with Crippen molar-refractivity contribution in [3.8, 4) is 17.1 Å². The van der Waals surface area contributed by atoms with Gasteiger partial charge >= 0.3 is 5.97 Å². The number of hydrogen-bond acceptors (Lipinski definition) is 6. The number of carbonyl (C=O) groups excluding carboxylic acids is 1. The minimum absolute atomic E-state index is 0.0467. The van der Waals surface area contributed by atoms with Gasteiger partial charge in [-0.25, -0.2) is 0 Å². The first-order valence-electron chi connectivity index (χ1n) is 9.81. The normalized spacial score (nSPS) is 17.9. The molecule has 1 aliphatic rings. The number of esters is 1. The van der Waals surface area contributed by atoms with Gasteiger partial charge in [0.15, 0.2) is 11.0 Å². The van der Waals surface area contributed by atoms with Crippen LogP contribution in [0, 0.1) is 5.92 Å². The van der Waals surface area contributed by atoms with Crippen LogP contribution >= 0.6 is 27.5 Å². The van der Waals surface area contributed by atoms with Gasteiger partial charge in [-0.15, -0.1) is 0 Å². The predicted octanol–water partition coefficient (Wildman–Crippen LogP) is 5.22. The molecule has 0 saturated heterocycles. The zero-order chi connectivity index (χ0) is 22.0. The lowest BCUT2D eigenvalue weighted by Crippen LogP contribution is -2.37. The smallest absolute Gasteiger partial charge is 0.308 e. The van der Waals surface area contributed by atoms with Crippen LogP contribution in [-0.2, 0) is 14.3 Å². The van der Waals surface area contributed by atoms with Gasteiger partial charge < -0.3 is 18.6 Å². The van der Waals surface area contributed by atoms with Crippen molar-refractivity contribution < 1.29 is 23.4 Å². The Hall–Kier alpha value is -2.35. The van der Waals surface area contributed by atoms with E-state index in [-0.39, 0.29) is 23.4 Å². The van der Waals surface area contributed by atoms with E-state index in [9.17, 15) is 9.59 Å². The first-order valence-corrected chi connectivity index (χ1v) is 11.0. The first-order chi connectivity index (χ1) is 15.0. The first kappa shape index (κ1) is 21.9. The van der Waals surface area contributed by atoms with Crippen LogP contribution in [0.1, 0.15) is 12.8 Å². The molecule has 1 saturated carbocycles. The number of carbonyl (C=O) groups is 1. The van der Waals surface area contributed by atoms with Gasteiger partial charge in [0.05, 0.1) is 36.1 Å². The van der Waals surface area contributed by atoms with Crippen LogP contribution in [0.2, 0.25) is 5.02 Å². The van der Waals surface area contributed by atoms with Crippen LogP contribution in [0.4, 0.5) is 0 Å². The second kappa shape index (κ2) is 9.42. The largest absolute Gasteiger partial charge is 0.491 e. The predicted molar refractivity (Wildman–Crippen MR) is 121 cm³/mol. The van der Waals surface area contributed by atoms with Crippen LogP contribution in [0.15, 0.2) is 56.1 Å². The second-order valence-corrected chi connectivity index (χ2v) is 8.50. The molecule has 8 heteroatoms. The summed E-state index contributed by atoms with van der Waals surface area (Å²) < 4.78 is 22.7. The molecule has 2 aromatic carbocycles. The molecule has 31 heavy (non-hydrogen) atoms. The van der Waals surface area contributed by atoms with Crippen molar-refractivity contribution in [1.29, 1.82) is 0 Å². The molecule has 1 fully saturated rings. The van der Waals surface area contributed by atoms with Crippen LogP contribution in [0.25, 0.3) is 22.3 Å². The third-order valence-corrected chi connectivity index (χ3v) is 6.53. The maximum absolute atomic E-state index is 12.4. The van der Waals surface area contributed by atoms with E-state index in [1.165, 1.54) is 13.2 Å². The number of hydrogen-bond donors (Lipinski definition) is 0. The monoisotopic (exact) mass is 506 g/mol. The number of ether oxygens (including phenoxy) is 3. The number of benzene rings is 2. The molecule has 0 radical (unpaired) electrons. The molecule has 0 aliphatic heterocycles. The van der Waals surface area contributed by atoms with E-state index in [4.69, 9.17) is 30.2 Å². The molecule has 6 nitrogen and oxygen atoms in total.